The molecule has 1 aromatic carbocycles. The summed E-state index contributed by atoms with van der Waals surface area (Å²) in [7, 11) is 0. The topological polar surface area (TPSA) is 94.2 Å². The molecule has 1 amide bonds. The van der Waals surface area contributed by atoms with Crippen molar-refractivity contribution in [2.75, 3.05) is 5.32 Å². The van der Waals surface area contributed by atoms with Crippen LogP contribution in [0.25, 0.3) is 16.2 Å². The number of anilines is 1. The molecule has 0 radical (unpaired) electrons. The molecular weight excluding hydrogens is 340 g/mol. The Balaban J connectivity index is 1.50. The molecule has 0 atom stereocenters. The number of rotatable bonds is 4. The van der Waals surface area contributed by atoms with Gasteiger partial charge in [0, 0.05) is 11.8 Å². The molecule has 9 heteroatoms. The van der Waals surface area contributed by atoms with Gasteiger partial charge in [0.05, 0.1) is 0 Å². The number of hydrogen-bond acceptors (Lipinski definition) is 6. The number of benzene rings is 1. The first-order valence-corrected chi connectivity index (χ1v) is 8.25. The molecule has 0 aliphatic heterocycles. The second-order valence-corrected chi connectivity index (χ2v) is 6.17. The van der Waals surface area contributed by atoms with E-state index in [9.17, 15) is 9.59 Å². The van der Waals surface area contributed by atoms with Gasteiger partial charge in [0.2, 0.25) is 11.0 Å². The highest BCUT2D eigenvalue weighted by Gasteiger charge is 2.13. The van der Waals surface area contributed by atoms with Gasteiger partial charge >= 0.3 is 5.69 Å². The van der Waals surface area contributed by atoms with Crippen molar-refractivity contribution in [1.29, 1.82) is 0 Å². The zero-order chi connectivity index (χ0) is 17.2. The van der Waals surface area contributed by atoms with Gasteiger partial charge < -0.3 is 0 Å². The SMILES string of the molecule is O=C(Cn1nc2ccccn2c1=O)Nc1nnc(-c2ccccc2)s1. The van der Waals surface area contributed by atoms with Gasteiger partial charge in [-0.15, -0.1) is 15.3 Å². The van der Waals surface area contributed by atoms with Crippen LogP contribution in [0.2, 0.25) is 0 Å². The molecule has 8 nitrogen and oxygen atoms in total. The van der Waals surface area contributed by atoms with Crippen LogP contribution < -0.4 is 11.0 Å². The minimum Gasteiger partial charge on any atom is -0.299 e. The quantitative estimate of drug-likeness (QED) is 0.603. The van der Waals surface area contributed by atoms with E-state index < -0.39 is 0 Å². The van der Waals surface area contributed by atoms with Crippen molar-refractivity contribution in [3.05, 3.63) is 65.2 Å². The van der Waals surface area contributed by atoms with Crippen LogP contribution in [0.5, 0.6) is 0 Å². The molecule has 0 saturated carbocycles. The van der Waals surface area contributed by atoms with Crippen LogP contribution in [0, 0.1) is 0 Å². The van der Waals surface area contributed by atoms with E-state index in [-0.39, 0.29) is 18.1 Å². The number of nitrogens with one attached hydrogen (secondary N) is 1. The number of amides is 1. The molecular formula is C16H12N6O2S. The Hall–Kier alpha value is -3.33. The third kappa shape index (κ3) is 3.04. The maximum atomic E-state index is 12.2. The smallest absolute Gasteiger partial charge is 0.299 e. The summed E-state index contributed by atoms with van der Waals surface area (Å²) in [4.78, 5) is 24.3. The lowest BCUT2D eigenvalue weighted by molar-refractivity contribution is -0.117. The molecule has 0 aliphatic carbocycles. The highest BCUT2D eigenvalue weighted by molar-refractivity contribution is 7.18. The van der Waals surface area contributed by atoms with Crippen molar-refractivity contribution < 1.29 is 4.79 Å². The van der Waals surface area contributed by atoms with E-state index in [0.29, 0.717) is 15.8 Å². The second-order valence-electron chi connectivity index (χ2n) is 5.20. The van der Waals surface area contributed by atoms with Gasteiger partial charge in [-0.25, -0.2) is 9.48 Å². The van der Waals surface area contributed by atoms with Gasteiger partial charge in [-0.1, -0.05) is 47.7 Å². The number of fused-ring (bicyclic) bond motifs is 1. The number of hydrogen-bond donors (Lipinski definition) is 1. The summed E-state index contributed by atoms with van der Waals surface area (Å²) in [5.74, 6) is -0.388. The summed E-state index contributed by atoms with van der Waals surface area (Å²) in [6, 6.07) is 14.8. The molecule has 124 valence electrons. The van der Waals surface area contributed by atoms with Crippen LogP contribution in [0.15, 0.2) is 59.5 Å². The molecule has 0 bridgehead atoms. The van der Waals surface area contributed by atoms with Gasteiger partial charge in [0.1, 0.15) is 11.6 Å². The fraction of sp³-hybridized carbons (Fsp3) is 0.0625. The largest absolute Gasteiger partial charge is 0.350 e. The van der Waals surface area contributed by atoms with E-state index in [1.54, 1.807) is 24.4 Å². The normalized spacial score (nSPS) is 10.9. The van der Waals surface area contributed by atoms with E-state index in [0.717, 1.165) is 10.2 Å². The van der Waals surface area contributed by atoms with Crippen molar-refractivity contribution in [2.45, 2.75) is 6.54 Å². The van der Waals surface area contributed by atoms with Gasteiger partial charge in [-0.3, -0.25) is 14.5 Å². The molecule has 3 heterocycles. The number of carbonyl (C=O) groups is 1. The molecule has 25 heavy (non-hydrogen) atoms. The third-order valence-electron chi connectivity index (χ3n) is 3.47. The lowest BCUT2D eigenvalue weighted by atomic mass is 10.2. The van der Waals surface area contributed by atoms with E-state index in [2.05, 4.69) is 20.6 Å². The summed E-state index contributed by atoms with van der Waals surface area (Å²) in [5.41, 5.74) is 1.05. The molecule has 4 aromatic rings. The molecule has 1 N–H and O–H groups in total. The number of nitrogens with zero attached hydrogens (tertiary/aromatic N) is 5. The lowest BCUT2D eigenvalue weighted by Crippen LogP contribution is -2.28. The average molecular weight is 352 g/mol. The van der Waals surface area contributed by atoms with Gasteiger partial charge in [-0.05, 0) is 12.1 Å². The highest BCUT2D eigenvalue weighted by atomic mass is 32.1. The van der Waals surface area contributed by atoms with E-state index in [4.69, 9.17) is 0 Å². The maximum Gasteiger partial charge on any atom is 0.350 e. The third-order valence-corrected chi connectivity index (χ3v) is 4.36. The Kier molecular flexibility index (Phi) is 3.82. The first kappa shape index (κ1) is 15.2. The zero-order valence-corrected chi connectivity index (χ0v) is 13.7. The van der Waals surface area contributed by atoms with Crippen LogP contribution in [0.4, 0.5) is 5.13 Å². The monoisotopic (exact) mass is 352 g/mol. The predicted octanol–water partition coefficient (Wildman–Crippen LogP) is 1.65. The highest BCUT2D eigenvalue weighted by Crippen LogP contribution is 2.25. The van der Waals surface area contributed by atoms with Crippen LogP contribution in [-0.4, -0.2) is 30.3 Å². The molecule has 3 aromatic heterocycles. The second kappa shape index (κ2) is 6.29. The molecule has 0 fully saturated rings. The number of aromatic nitrogens is 5. The zero-order valence-electron chi connectivity index (χ0n) is 12.9. The van der Waals surface area contributed by atoms with Crippen LogP contribution in [0.3, 0.4) is 0 Å². The van der Waals surface area contributed by atoms with E-state index in [1.807, 2.05) is 30.3 Å². The Bertz CT molecular complexity index is 1100. The van der Waals surface area contributed by atoms with Crippen LogP contribution >= 0.6 is 11.3 Å². The van der Waals surface area contributed by atoms with Crippen molar-refractivity contribution in [1.82, 2.24) is 24.4 Å². The van der Waals surface area contributed by atoms with Crippen molar-refractivity contribution >= 4 is 28.0 Å². The first-order valence-electron chi connectivity index (χ1n) is 7.44. The van der Waals surface area contributed by atoms with Crippen molar-refractivity contribution in [3.8, 4) is 10.6 Å². The van der Waals surface area contributed by atoms with Crippen molar-refractivity contribution in [3.63, 3.8) is 0 Å². The summed E-state index contributed by atoms with van der Waals surface area (Å²) >= 11 is 1.27. The summed E-state index contributed by atoms with van der Waals surface area (Å²) in [5, 5.41) is 15.9. The first-order chi connectivity index (χ1) is 12.2. The minimum absolute atomic E-state index is 0.194. The standard InChI is InChI=1S/C16H12N6O2S/c23-13(10-22-16(24)21-9-5-4-8-12(21)20-22)17-15-19-18-14(25-15)11-6-2-1-3-7-11/h1-9H,10H2,(H,17,19,23). The van der Waals surface area contributed by atoms with Crippen LogP contribution in [0.1, 0.15) is 0 Å². The Morgan fingerprint density at radius 2 is 1.88 bits per heavy atom. The minimum atomic E-state index is -0.388. The lowest BCUT2D eigenvalue weighted by Gasteiger charge is -1.99. The number of pyridine rings is 1. The van der Waals surface area contributed by atoms with E-state index >= 15 is 0 Å². The predicted molar refractivity (Wildman–Crippen MR) is 93.4 cm³/mol. The number of carbonyl (C=O) groups excluding carboxylic acids is 1. The Morgan fingerprint density at radius 1 is 1.08 bits per heavy atom. The van der Waals surface area contributed by atoms with Gasteiger partial charge in [0.25, 0.3) is 0 Å². The van der Waals surface area contributed by atoms with Crippen molar-refractivity contribution in [2.24, 2.45) is 0 Å². The Labute approximate surface area is 145 Å². The van der Waals surface area contributed by atoms with E-state index in [1.165, 1.54) is 15.7 Å². The fourth-order valence-corrected chi connectivity index (χ4v) is 3.10. The maximum absolute atomic E-state index is 12.2. The summed E-state index contributed by atoms with van der Waals surface area (Å²) < 4.78 is 2.50. The summed E-state index contributed by atoms with van der Waals surface area (Å²) in [6.45, 7) is -0.194. The van der Waals surface area contributed by atoms with Gasteiger partial charge in [0.15, 0.2) is 5.65 Å². The molecule has 0 saturated heterocycles. The van der Waals surface area contributed by atoms with Gasteiger partial charge in [-0.2, -0.15) is 0 Å². The van der Waals surface area contributed by atoms with Crippen LogP contribution in [-0.2, 0) is 11.3 Å². The average Bonchev–Trinajstić information content (AvgIpc) is 3.21. The molecule has 4 rings (SSSR count). The molecule has 0 aliphatic rings. The molecule has 0 unspecified atom stereocenters. The summed E-state index contributed by atoms with van der Waals surface area (Å²) in [6.07, 6.45) is 1.61. The Morgan fingerprint density at radius 3 is 2.68 bits per heavy atom. The molecule has 0 spiro atoms. The fourth-order valence-electron chi connectivity index (χ4n) is 2.34.